The molecule has 0 aliphatic carbocycles. The molecule has 1 amide bonds. The Kier molecular flexibility index (Phi) is 7.97. The van der Waals surface area contributed by atoms with Crippen LogP contribution in [0.25, 0.3) is 0 Å². The number of rotatable bonds is 6. The normalized spacial score (nSPS) is 14.6. The van der Waals surface area contributed by atoms with Gasteiger partial charge in [-0.15, -0.1) is 0 Å². The van der Waals surface area contributed by atoms with Crippen molar-refractivity contribution in [3.05, 3.63) is 64.7 Å². The molecule has 2 aromatic carbocycles. The Morgan fingerprint density at radius 1 is 1.10 bits per heavy atom. The van der Waals surface area contributed by atoms with E-state index in [0.29, 0.717) is 12.1 Å². The van der Waals surface area contributed by atoms with Crippen molar-refractivity contribution in [1.82, 2.24) is 15.5 Å². The number of hydrogen-bond donors (Lipinski definition) is 2. The van der Waals surface area contributed by atoms with Gasteiger partial charge < -0.3 is 20.4 Å². The molecule has 2 aromatic rings. The maximum Gasteiger partial charge on any atom is 0.251 e. The molecule has 1 aliphatic rings. The number of carbonyl (C=O) groups excluding carboxylic acids is 1. The van der Waals surface area contributed by atoms with Gasteiger partial charge in [0.2, 0.25) is 0 Å². The summed E-state index contributed by atoms with van der Waals surface area (Å²) in [7, 11) is 1.65. The van der Waals surface area contributed by atoms with Crippen molar-refractivity contribution in [2.45, 2.75) is 13.3 Å². The summed E-state index contributed by atoms with van der Waals surface area (Å²) in [5.41, 5.74) is 2.96. The van der Waals surface area contributed by atoms with Crippen molar-refractivity contribution in [3.8, 4) is 0 Å². The maximum absolute atomic E-state index is 11.8. The van der Waals surface area contributed by atoms with Crippen molar-refractivity contribution in [3.63, 3.8) is 0 Å². The Bertz CT molecular complexity index is 877. The number of anilines is 1. The summed E-state index contributed by atoms with van der Waals surface area (Å²) in [5.74, 6) is 0.886. The number of benzene rings is 2. The summed E-state index contributed by atoms with van der Waals surface area (Å²) in [6.07, 6.45) is 0.794. The van der Waals surface area contributed by atoms with Crippen LogP contribution in [0.1, 0.15) is 22.8 Å². The highest BCUT2D eigenvalue weighted by Gasteiger charge is 2.20. The second kappa shape index (κ2) is 10.9. The lowest BCUT2D eigenvalue weighted by Crippen LogP contribution is -2.52. The van der Waals surface area contributed by atoms with Crippen LogP contribution >= 0.6 is 11.6 Å². The number of halogens is 1. The third-order valence-electron chi connectivity index (χ3n) is 5.17. The molecular weight excluding hydrogens is 398 g/mol. The summed E-state index contributed by atoms with van der Waals surface area (Å²) in [6, 6.07) is 15.7. The Hall–Kier alpha value is -2.73. The predicted molar refractivity (Wildman–Crippen MR) is 125 cm³/mol. The lowest BCUT2D eigenvalue weighted by atomic mass is 10.1. The second-order valence-electron chi connectivity index (χ2n) is 7.22. The zero-order chi connectivity index (χ0) is 21.3. The number of carbonyl (C=O) groups is 1. The Morgan fingerprint density at radius 3 is 2.57 bits per heavy atom. The molecule has 7 heteroatoms. The first-order valence-electron chi connectivity index (χ1n) is 10.5. The molecule has 1 saturated heterocycles. The van der Waals surface area contributed by atoms with Gasteiger partial charge in [0.05, 0.1) is 0 Å². The number of nitrogens with one attached hydrogen (secondary N) is 2. The van der Waals surface area contributed by atoms with Crippen LogP contribution in [0.4, 0.5) is 5.69 Å². The van der Waals surface area contributed by atoms with E-state index in [9.17, 15) is 4.79 Å². The largest absolute Gasteiger partial charge is 0.368 e. The molecular formula is C23H30ClN5O. The molecule has 6 nitrogen and oxygen atoms in total. The summed E-state index contributed by atoms with van der Waals surface area (Å²) in [6.45, 7) is 7.27. The number of aliphatic imine (C=N–C) groups is 1. The maximum atomic E-state index is 11.8. The number of piperazine rings is 1. The molecule has 1 aliphatic heterocycles. The molecule has 1 fully saturated rings. The zero-order valence-electron chi connectivity index (χ0n) is 17.7. The average molecular weight is 428 g/mol. The van der Waals surface area contributed by atoms with Crippen LogP contribution in [-0.4, -0.2) is 63.1 Å². The van der Waals surface area contributed by atoms with E-state index >= 15 is 0 Å². The minimum atomic E-state index is -0.0636. The van der Waals surface area contributed by atoms with E-state index in [1.165, 1.54) is 5.69 Å². The Labute approximate surface area is 183 Å². The highest BCUT2D eigenvalue weighted by molar-refractivity contribution is 6.30. The van der Waals surface area contributed by atoms with Crippen LogP contribution in [0, 0.1) is 0 Å². The molecule has 1 heterocycles. The van der Waals surface area contributed by atoms with Gasteiger partial charge in [-0.1, -0.05) is 29.8 Å². The monoisotopic (exact) mass is 427 g/mol. The molecule has 0 spiro atoms. The standard InChI is InChI=1S/C23H30ClN5O/c1-3-26-23(27-11-10-18-6-4-7-19(16-18)22(30)25-2)29-14-12-28(13-15-29)21-9-5-8-20(24)17-21/h4-9,16-17H,3,10-15H2,1-2H3,(H,25,30)(H,26,27). The highest BCUT2D eigenvalue weighted by Crippen LogP contribution is 2.20. The molecule has 0 bridgehead atoms. The summed E-state index contributed by atoms with van der Waals surface area (Å²) in [5, 5.41) is 6.85. The fraction of sp³-hybridized carbons (Fsp3) is 0.391. The molecule has 30 heavy (non-hydrogen) atoms. The van der Waals surface area contributed by atoms with Gasteiger partial charge in [0.1, 0.15) is 0 Å². The van der Waals surface area contributed by atoms with Gasteiger partial charge in [-0.25, -0.2) is 0 Å². The quantitative estimate of drug-likeness (QED) is 0.549. The first kappa shape index (κ1) is 22.0. The van der Waals surface area contributed by atoms with Crippen LogP contribution in [-0.2, 0) is 6.42 Å². The topological polar surface area (TPSA) is 60.0 Å². The van der Waals surface area contributed by atoms with Gasteiger partial charge in [0.15, 0.2) is 5.96 Å². The molecule has 0 saturated carbocycles. The zero-order valence-corrected chi connectivity index (χ0v) is 18.5. The second-order valence-corrected chi connectivity index (χ2v) is 7.66. The van der Waals surface area contributed by atoms with Crippen LogP contribution < -0.4 is 15.5 Å². The van der Waals surface area contributed by atoms with Gasteiger partial charge in [0.25, 0.3) is 5.91 Å². The Balaban J connectivity index is 1.58. The number of guanidine groups is 1. The molecule has 2 N–H and O–H groups in total. The lowest BCUT2D eigenvalue weighted by Gasteiger charge is -2.37. The number of nitrogens with zero attached hydrogens (tertiary/aromatic N) is 3. The SMILES string of the molecule is CCNC(=NCCc1cccc(C(=O)NC)c1)N1CCN(c2cccc(Cl)c2)CC1. The molecule has 0 atom stereocenters. The fourth-order valence-electron chi connectivity index (χ4n) is 3.58. The smallest absolute Gasteiger partial charge is 0.251 e. The lowest BCUT2D eigenvalue weighted by molar-refractivity contribution is 0.0963. The van der Waals surface area contributed by atoms with E-state index in [1.807, 2.05) is 42.5 Å². The molecule has 160 valence electrons. The van der Waals surface area contributed by atoms with Gasteiger partial charge >= 0.3 is 0 Å². The molecule has 3 rings (SSSR count). The third kappa shape index (κ3) is 5.89. The molecule has 0 unspecified atom stereocenters. The van der Waals surface area contributed by atoms with Gasteiger partial charge in [0, 0.05) is 62.6 Å². The number of hydrogen-bond acceptors (Lipinski definition) is 3. The minimum absolute atomic E-state index is 0.0636. The van der Waals surface area contributed by atoms with E-state index in [4.69, 9.17) is 16.6 Å². The van der Waals surface area contributed by atoms with Crippen molar-refractivity contribution in [2.24, 2.45) is 4.99 Å². The van der Waals surface area contributed by atoms with E-state index in [-0.39, 0.29) is 5.91 Å². The number of amides is 1. The van der Waals surface area contributed by atoms with E-state index in [0.717, 1.165) is 55.7 Å². The van der Waals surface area contributed by atoms with E-state index in [2.05, 4.69) is 33.4 Å². The first-order valence-corrected chi connectivity index (χ1v) is 10.8. The van der Waals surface area contributed by atoms with Crippen LogP contribution in [0.15, 0.2) is 53.5 Å². The van der Waals surface area contributed by atoms with Crippen LogP contribution in [0.2, 0.25) is 5.02 Å². The molecule has 0 aromatic heterocycles. The highest BCUT2D eigenvalue weighted by atomic mass is 35.5. The van der Waals surface area contributed by atoms with Gasteiger partial charge in [-0.3, -0.25) is 9.79 Å². The molecule has 0 radical (unpaired) electrons. The van der Waals surface area contributed by atoms with Crippen LogP contribution in [0.3, 0.4) is 0 Å². The van der Waals surface area contributed by atoms with Crippen molar-refractivity contribution >= 4 is 29.2 Å². The van der Waals surface area contributed by atoms with Crippen LogP contribution in [0.5, 0.6) is 0 Å². The van der Waals surface area contributed by atoms with Crippen molar-refractivity contribution in [1.29, 1.82) is 0 Å². The van der Waals surface area contributed by atoms with Crippen molar-refractivity contribution in [2.75, 3.05) is 51.2 Å². The summed E-state index contributed by atoms with van der Waals surface area (Å²) >= 11 is 6.14. The summed E-state index contributed by atoms with van der Waals surface area (Å²) in [4.78, 5) is 21.3. The van der Waals surface area contributed by atoms with E-state index in [1.54, 1.807) is 7.05 Å². The summed E-state index contributed by atoms with van der Waals surface area (Å²) < 4.78 is 0. The average Bonchev–Trinajstić information content (AvgIpc) is 2.78. The predicted octanol–water partition coefficient (Wildman–Crippen LogP) is 3.03. The minimum Gasteiger partial charge on any atom is -0.368 e. The van der Waals surface area contributed by atoms with Gasteiger partial charge in [-0.05, 0) is 49.2 Å². The van der Waals surface area contributed by atoms with Gasteiger partial charge in [-0.2, -0.15) is 0 Å². The Morgan fingerprint density at radius 2 is 1.87 bits per heavy atom. The van der Waals surface area contributed by atoms with Crippen molar-refractivity contribution < 1.29 is 4.79 Å². The van der Waals surface area contributed by atoms with E-state index < -0.39 is 0 Å². The third-order valence-corrected chi connectivity index (χ3v) is 5.40. The fourth-order valence-corrected chi connectivity index (χ4v) is 3.76. The first-order chi connectivity index (χ1) is 14.6.